The first-order chi connectivity index (χ1) is 13.3. The number of hydrogen-bond donors (Lipinski definition) is 2. The summed E-state index contributed by atoms with van der Waals surface area (Å²) in [5, 5.41) is 0. The Hall–Kier alpha value is -2.79. The van der Waals surface area contributed by atoms with Gasteiger partial charge in [0.15, 0.2) is 5.82 Å². The van der Waals surface area contributed by atoms with Gasteiger partial charge in [-0.25, -0.2) is 27.2 Å². The van der Waals surface area contributed by atoms with E-state index in [9.17, 15) is 17.2 Å². The van der Waals surface area contributed by atoms with Crippen LogP contribution in [0.2, 0.25) is 0 Å². The van der Waals surface area contributed by atoms with E-state index in [1.807, 2.05) is 11.8 Å². The van der Waals surface area contributed by atoms with Crippen molar-refractivity contribution in [3.63, 3.8) is 0 Å². The van der Waals surface area contributed by atoms with Gasteiger partial charge < -0.3 is 20.4 Å². The van der Waals surface area contributed by atoms with Gasteiger partial charge in [0.1, 0.15) is 39.7 Å². The van der Waals surface area contributed by atoms with Crippen LogP contribution in [0.4, 0.5) is 20.4 Å². The third-order valence-corrected chi connectivity index (χ3v) is 6.31. The Bertz CT molecular complexity index is 1140. The molecular weight excluding hydrogens is 392 g/mol. The van der Waals surface area contributed by atoms with Crippen LogP contribution in [0.3, 0.4) is 0 Å². The van der Waals surface area contributed by atoms with Crippen molar-refractivity contribution in [2.45, 2.75) is 22.8 Å². The number of H-pyrrole nitrogens is 1. The highest BCUT2D eigenvalue weighted by atomic mass is 32.2. The third-order valence-electron chi connectivity index (χ3n) is 4.50. The minimum Gasteiger partial charge on any atom is -0.384 e. The lowest BCUT2D eigenvalue weighted by molar-refractivity contribution is 0.0530. The summed E-state index contributed by atoms with van der Waals surface area (Å²) in [6.45, 7) is 3.54. The number of hydrogen-bond acceptors (Lipinski definition) is 7. The Morgan fingerprint density at radius 3 is 2.64 bits per heavy atom. The number of nitrogens with zero attached hydrogens (tertiary/aromatic N) is 3. The zero-order valence-corrected chi connectivity index (χ0v) is 15.6. The van der Waals surface area contributed by atoms with Crippen LogP contribution in [-0.4, -0.2) is 49.2 Å². The fourth-order valence-electron chi connectivity index (χ4n) is 3.31. The van der Waals surface area contributed by atoms with Gasteiger partial charge in [-0.1, -0.05) is 0 Å². The number of nitrogen functional groups attached to an aromatic ring is 1. The van der Waals surface area contributed by atoms with E-state index in [0.29, 0.717) is 37.1 Å². The molecule has 0 radical (unpaired) electrons. The predicted octanol–water partition coefficient (Wildman–Crippen LogP) is 1.88. The van der Waals surface area contributed by atoms with E-state index < -0.39 is 26.4 Å². The van der Waals surface area contributed by atoms with Crippen LogP contribution < -0.4 is 10.6 Å². The molecule has 1 aliphatic rings. The molecule has 3 N–H and O–H groups in total. The second kappa shape index (κ2) is 6.67. The molecule has 0 aliphatic carbocycles. The van der Waals surface area contributed by atoms with Gasteiger partial charge in [-0.15, -0.1) is 0 Å². The van der Waals surface area contributed by atoms with Gasteiger partial charge in [-0.2, -0.15) is 0 Å². The van der Waals surface area contributed by atoms with Crippen LogP contribution in [0.25, 0.3) is 11.0 Å². The number of aromatic amines is 1. The average Bonchev–Trinajstić information content (AvgIpc) is 2.97. The molecule has 11 heteroatoms. The second-order valence-corrected chi connectivity index (χ2v) is 8.41. The highest BCUT2D eigenvalue weighted by molar-refractivity contribution is 7.92. The molecule has 0 spiro atoms. The number of nitrogens with two attached hydrogens (primary N) is 1. The van der Waals surface area contributed by atoms with E-state index >= 15 is 0 Å². The zero-order chi connectivity index (χ0) is 20.1. The summed E-state index contributed by atoms with van der Waals surface area (Å²) < 4.78 is 58.8. The van der Waals surface area contributed by atoms with Crippen LogP contribution in [0.1, 0.15) is 6.92 Å². The summed E-state index contributed by atoms with van der Waals surface area (Å²) in [6.07, 6.45) is 1.21. The maximum absolute atomic E-state index is 13.6. The lowest BCUT2D eigenvalue weighted by Gasteiger charge is -2.32. The van der Waals surface area contributed by atoms with Crippen molar-refractivity contribution in [2.75, 3.05) is 30.3 Å². The molecule has 28 heavy (non-hydrogen) atoms. The smallest absolute Gasteiger partial charge is 0.212 e. The van der Waals surface area contributed by atoms with Gasteiger partial charge in [0, 0.05) is 19.2 Å². The quantitative estimate of drug-likeness (QED) is 0.679. The van der Waals surface area contributed by atoms with Crippen LogP contribution in [0, 0.1) is 11.6 Å². The van der Waals surface area contributed by atoms with Crippen molar-refractivity contribution >= 4 is 32.5 Å². The molecule has 0 bridgehead atoms. The maximum atomic E-state index is 13.6. The number of halogens is 2. The summed E-state index contributed by atoms with van der Waals surface area (Å²) in [4.78, 5) is 12.2. The minimum absolute atomic E-state index is 0.0236. The molecule has 2 aromatic heterocycles. The van der Waals surface area contributed by atoms with Gasteiger partial charge in [0.2, 0.25) is 9.84 Å². The first kappa shape index (κ1) is 18.6. The van der Waals surface area contributed by atoms with Gasteiger partial charge in [-0.05, 0) is 19.1 Å². The predicted molar refractivity (Wildman–Crippen MR) is 97.7 cm³/mol. The Morgan fingerprint density at radius 1 is 1.25 bits per heavy atom. The Labute approximate surface area is 159 Å². The zero-order valence-electron chi connectivity index (χ0n) is 14.8. The number of fused-ring (bicyclic) bond motifs is 1. The standard InChI is InChI=1S/C17H17F2N5O3S/c1-9-7-24(2-3-27-9)17-14-13(21-8-22-17)15(16(20)23-14)28(25,26)12-5-10(18)4-11(19)6-12/h4-6,8-9,23H,2-3,7,20H2,1H3. The SMILES string of the molecule is CC1CN(c2ncnc3c(S(=O)(=O)c4cc(F)cc(F)c4)c(N)[nH]c23)CCO1. The molecule has 3 heterocycles. The molecule has 1 unspecified atom stereocenters. The average molecular weight is 409 g/mol. The number of rotatable bonds is 3. The highest BCUT2D eigenvalue weighted by Crippen LogP contribution is 2.35. The molecule has 0 saturated carbocycles. The Kier molecular flexibility index (Phi) is 4.42. The van der Waals surface area contributed by atoms with Crippen molar-refractivity contribution in [1.29, 1.82) is 0 Å². The number of ether oxygens (including phenoxy) is 1. The number of sulfone groups is 1. The van der Waals surface area contributed by atoms with Gasteiger partial charge in [0.05, 0.1) is 17.6 Å². The third kappa shape index (κ3) is 3.06. The molecule has 1 fully saturated rings. The summed E-state index contributed by atoms with van der Waals surface area (Å²) in [7, 11) is -4.33. The molecule has 1 atom stereocenters. The van der Waals surface area contributed by atoms with Crippen molar-refractivity contribution in [1.82, 2.24) is 15.0 Å². The molecular formula is C17H17F2N5O3S. The number of benzene rings is 1. The summed E-state index contributed by atoms with van der Waals surface area (Å²) >= 11 is 0. The van der Waals surface area contributed by atoms with E-state index in [4.69, 9.17) is 10.5 Å². The largest absolute Gasteiger partial charge is 0.384 e. The van der Waals surface area contributed by atoms with Crippen molar-refractivity contribution in [3.05, 3.63) is 36.2 Å². The number of morpholine rings is 1. The van der Waals surface area contributed by atoms with Crippen molar-refractivity contribution in [3.8, 4) is 0 Å². The van der Waals surface area contributed by atoms with Crippen LogP contribution in [0.5, 0.6) is 0 Å². The first-order valence-corrected chi connectivity index (χ1v) is 9.95. The molecule has 1 saturated heterocycles. The van der Waals surface area contributed by atoms with E-state index in [1.165, 1.54) is 6.33 Å². The molecule has 1 aliphatic heterocycles. The molecule has 1 aromatic carbocycles. The van der Waals surface area contributed by atoms with E-state index in [-0.39, 0.29) is 22.3 Å². The first-order valence-electron chi connectivity index (χ1n) is 8.47. The van der Waals surface area contributed by atoms with Gasteiger partial charge in [0.25, 0.3) is 0 Å². The normalized spacial score (nSPS) is 18.0. The van der Waals surface area contributed by atoms with Crippen molar-refractivity contribution < 1.29 is 21.9 Å². The van der Waals surface area contributed by atoms with Gasteiger partial charge >= 0.3 is 0 Å². The topological polar surface area (TPSA) is 114 Å². The fraction of sp³-hybridized carbons (Fsp3) is 0.294. The lowest BCUT2D eigenvalue weighted by atomic mass is 10.3. The van der Waals surface area contributed by atoms with E-state index in [2.05, 4.69) is 15.0 Å². The molecule has 148 valence electrons. The molecule has 0 amide bonds. The van der Waals surface area contributed by atoms with Crippen LogP contribution in [0.15, 0.2) is 34.3 Å². The molecule has 3 aromatic rings. The summed E-state index contributed by atoms with van der Waals surface area (Å²) in [6, 6.07) is 2.07. The summed E-state index contributed by atoms with van der Waals surface area (Å²) in [5.74, 6) is -1.70. The molecule has 8 nitrogen and oxygen atoms in total. The van der Waals surface area contributed by atoms with E-state index in [1.54, 1.807) is 0 Å². The van der Waals surface area contributed by atoms with Crippen LogP contribution >= 0.6 is 0 Å². The van der Waals surface area contributed by atoms with Crippen LogP contribution in [-0.2, 0) is 14.6 Å². The Balaban J connectivity index is 1.89. The highest BCUT2D eigenvalue weighted by Gasteiger charge is 2.30. The molecule has 4 rings (SSSR count). The minimum atomic E-state index is -4.33. The van der Waals surface area contributed by atoms with Crippen molar-refractivity contribution in [2.24, 2.45) is 0 Å². The maximum Gasteiger partial charge on any atom is 0.212 e. The lowest BCUT2D eigenvalue weighted by Crippen LogP contribution is -2.41. The second-order valence-electron chi connectivity index (χ2n) is 6.52. The number of anilines is 2. The monoisotopic (exact) mass is 409 g/mol. The van der Waals surface area contributed by atoms with E-state index in [0.717, 1.165) is 12.1 Å². The fourth-order valence-corrected chi connectivity index (χ4v) is 4.83. The number of aromatic nitrogens is 3. The Morgan fingerprint density at radius 2 is 1.96 bits per heavy atom. The number of nitrogens with one attached hydrogen (secondary N) is 1. The van der Waals surface area contributed by atoms with Gasteiger partial charge in [-0.3, -0.25) is 0 Å². The summed E-state index contributed by atoms with van der Waals surface area (Å²) in [5.41, 5.74) is 6.34.